The Morgan fingerprint density at radius 3 is 1.04 bits per heavy atom. The predicted molar refractivity (Wildman–Crippen MR) is 292 cm³/mol. The van der Waals surface area contributed by atoms with Crippen LogP contribution in [0.15, 0.2) is 249 Å². The first-order chi connectivity index (χ1) is 34.2. The maximum absolute atomic E-state index is 2.56. The van der Waals surface area contributed by atoms with Crippen LogP contribution in [-0.2, 0) is 0 Å². The highest BCUT2D eigenvalue weighted by Crippen LogP contribution is 2.43. The molecule has 0 spiro atoms. The number of para-hydroxylation sites is 1. The summed E-state index contributed by atoms with van der Waals surface area (Å²) in [5.41, 5.74) is 18.4. The topological polar surface area (TPSA) is 14.8 Å². The second-order valence-corrected chi connectivity index (χ2v) is 18.8. The quantitative estimate of drug-likeness (QED) is 0.151. The summed E-state index contributed by atoms with van der Waals surface area (Å²) in [5.74, 6) is 0. The lowest BCUT2D eigenvalue weighted by molar-refractivity contribution is 0.648. The lowest BCUT2D eigenvalue weighted by atomic mass is 9.98. The van der Waals surface area contributed by atoms with E-state index >= 15 is 0 Å². The van der Waals surface area contributed by atoms with Crippen molar-refractivity contribution < 1.29 is 0 Å². The maximum Gasteiger partial charge on any atom is 0.0560 e. The average molecular weight is 882 g/mol. The van der Waals surface area contributed by atoms with E-state index in [9.17, 15) is 0 Å². The molecule has 12 aromatic rings. The molecule has 0 saturated carbocycles. The summed E-state index contributed by atoms with van der Waals surface area (Å²) in [7, 11) is 0. The van der Waals surface area contributed by atoms with Crippen LogP contribution in [0.4, 0.5) is 0 Å². The van der Waals surface area contributed by atoms with Crippen LogP contribution in [0.25, 0.3) is 116 Å². The third-order valence-electron chi connectivity index (χ3n) is 14.8. The van der Waals surface area contributed by atoms with Gasteiger partial charge in [0.05, 0.1) is 34.2 Å². The van der Waals surface area contributed by atoms with Gasteiger partial charge in [0.15, 0.2) is 0 Å². The summed E-state index contributed by atoms with van der Waals surface area (Å²) in [5, 5.41) is 7.61. The molecule has 0 bridgehead atoms. The number of aromatic nitrogens is 3. The predicted octanol–water partition coefficient (Wildman–Crippen LogP) is 17.8. The molecule has 2 aliphatic rings. The van der Waals surface area contributed by atoms with Crippen LogP contribution in [0, 0.1) is 0 Å². The molecule has 0 aliphatic heterocycles. The zero-order valence-corrected chi connectivity index (χ0v) is 38.1. The molecule has 3 heteroatoms. The molecule has 0 radical (unpaired) electrons. The monoisotopic (exact) mass is 881 g/mol. The molecule has 3 nitrogen and oxygen atoms in total. The van der Waals surface area contributed by atoms with Crippen molar-refractivity contribution in [2.75, 3.05) is 0 Å². The Morgan fingerprint density at radius 1 is 0.275 bits per heavy atom. The Hall–Kier alpha value is -8.66. The van der Waals surface area contributed by atoms with Crippen molar-refractivity contribution in [3.8, 4) is 50.2 Å². The fourth-order valence-electron chi connectivity index (χ4n) is 11.6. The number of nitrogens with zero attached hydrogens (tertiary/aromatic N) is 3. The van der Waals surface area contributed by atoms with Crippen LogP contribution < -0.4 is 0 Å². The third-order valence-corrected chi connectivity index (χ3v) is 14.8. The van der Waals surface area contributed by atoms with E-state index in [0.29, 0.717) is 0 Å². The normalized spacial score (nSPS) is 15.8. The fraction of sp³-hybridized carbons (Fsp3) is 0.0606. The van der Waals surface area contributed by atoms with Crippen LogP contribution in [0.3, 0.4) is 0 Å². The van der Waals surface area contributed by atoms with Gasteiger partial charge < -0.3 is 13.7 Å². The molecule has 3 heterocycles. The van der Waals surface area contributed by atoms with Crippen molar-refractivity contribution >= 4 is 65.4 Å². The molecule has 0 N–H and O–H groups in total. The zero-order valence-electron chi connectivity index (χ0n) is 38.1. The highest BCUT2D eigenvalue weighted by atomic mass is 15.0. The Balaban J connectivity index is 0.928. The average Bonchev–Trinajstić information content (AvgIpc) is 4.06. The number of hydrogen-bond donors (Lipinski definition) is 0. The molecule has 326 valence electrons. The Kier molecular flexibility index (Phi) is 9.16. The molecule has 2 unspecified atom stereocenters. The molecule has 0 fully saturated rings. The van der Waals surface area contributed by atoms with Crippen molar-refractivity contribution in [1.29, 1.82) is 0 Å². The number of fused-ring (bicyclic) bond motifs is 9. The van der Waals surface area contributed by atoms with Crippen molar-refractivity contribution in [2.24, 2.45) is 0 Å². The molecular formula is C66H47N3. The molecule has 69 heavy (non-hydrogen) atoms. The Labute approximate surface area is 401 Å². The first-order valence-corrected chi connectivity index (χ1v) is 24.3. The van der Waals surface area contributed by atoms with E-state index in [4.69, 9.17) is 0 Å². The second-order valence-electron chi connectivity index (χ2n) is 18.8. The van der Waals surface area contributed by atoms with Crippen molar-refractivity contribution in [2.45, 2.75) is 24.9 Å². The minimum Gasteiger partial charge on any atom is -0.333 e. The lowest BCUT2D eigenvalue weighted by Crippen LogP contribution is -2.06. The molecule has 14 rings (SSSR count). The summed E-state index contributed by atoms with van der Waals surface area (Å²) < 4.78 is 7.54. The third kappa shape index (κ3) is 6.49. The van der Waals surface area contributed by atoms with Gasteiger partial charge in [0.25, 0.3) is 0 Å². The molecule has 2 aliphatic carbocycles. The SMILES string of the molecule is C1=CCC(n2c3ccc(-c4ccc5c(c4)c4cc(-c6ccc7c(c6)c6ccc(-c8ccccc8)cc6n7C6C=CC=CC6)ccc4n5-c4ccccc4)cc3c3ccc(-c4ccccc4)cc32)C=C1. The van der Waals surface area contributed by atoms with E-state index in [2.05, 4.69) is 262 Å². The van der Waals surface area contributed by atoms with E-state index < -0.39 is 0 Å². The van der Waals surface area contributed by atoms with Crippen LogP contribution >= 0.6 is 0 Å². The van der Waals surface area contributed by atoms with Crippen LogP contribution in [-0.4, -0.2) is 13.7 Å². The van der Waals surface area contributed by atoms with Crippen LogP contribution in [0.1, 0.15) is 24.9 Å². The van der Waals surface area contributed by atoms with Crippen molar-refractivity contribution in [3.63, 3.8) is 0 Å². The first kappa shape index (κ1) is 39.5. The number of hydrogen-bond acceptors (Lipinski definition) is 0. The van der Waals surface area contributed by atoms with Gasteiger partial charge >= 0.3 is 0 Å². The lowest BCUT2D eigenvalue weighted by Gasteiger charge is -2.19. The van der Waals surface area contributed by atoms with Gasteiger partial charge in [-0.25, -0.2) is 0 Å². The largest absolute Gasteiger partial charge is 0.333 e. The van der Waals surface area contributed by atoms with Gasteiger partial charge in [-0.3, -0.25) is 0 Å². The molecule has 3 aromatic heterocycles. The summed E-state index contributed by atoms with van der Waals surface area (Å²) in [6.45, 7) is 0. The maximum atomic E-state index is 2.56. The van der Waals surface area contributed by atoms with Gasteiger partial charge in [-0.05, 0) is 130 Å². The summed E-state index contributed by atoms with van der Waals surface area (Å²) in [6, 6.07) is 75.2. The molecule has 9 aromatic carbocycles. The zero-order chi connectivity index (χ0) is 45.4. The molecule has 0 amide bonds. The summed E-state index contributed by atoms with van der Waals surface area (Å²) in [6.07, 6.45) is 19.9. The van der Waals surface area contributed by atoms with Crippen LogP contribution in [0.5, 0.6) is 0 Å². The number of allylic oxidation sites excluding steroid dienone is 8. The van der Waals surface area contributed by atoms with E-state index in [1.807, 2.05) is 0 Å². The molecule has 2 atom stereocenters. The fourth-order valence-corrected chi connectivity index (χ4v) is 11.6. The number of rotatable bonds is 7. The first-order valence-electron chi connectivity index (χ1n) is 24.3. The Bertz CT molecular complexity index is 3870. The van der Waals surface area contributed by atoms with Gasteiger partial charge in [0, 0.05) is 49.0 Å². The van der Waals surface area contributed by atoms with E-state index in [-0.39, 0.29) is 12.1 Å². The van der Waals surface area contributed by atoms with Gasteiger partial charge in [0.1, 0.15) is 0 Å². The minimum atomic E-state index is 0.250. The minimum absolute atomic E-state index is 0.250. The van der Waals surface area contributed by atoms with Gasteiger partial charge in [-0.15, -0.1) is 0 Å². The van der Waals surface area contributed by atoms with Gasteiger partial charge in [0.2, 0.25) is 0 Å². The molecular weight excluding hydrogens is 835 g/mol. The van der Waals surface area contributed by atoms with Crippen molar-refractivity contribution in [3.05, 3.63) is 249 Å². The standard InChI is InChI=1S/C66H47N3/c1-6-16-44(17-7-1)50-26-32-55-57-38-46(28-34-61(57)68(65(55)42-50)53-22-12-4-13-23-53)48-30-36-63-59(40-48)60-41-49(31-37-64(60)67(63)52-20-10-3-11-21-52)47-29-35-62-58(39-47)56-33-27-51(45-18-8-2-9-19-45)43-66(56)69(62)54-24-14-5-15-25-54/h1-22,24,26-43,53-54H,23,25H2. The van der Waals surface area contributed by atoms with Crippen LogP contribution in [0.2, 0.25) is 0 Å². The summed E-state index contributed by atoms with van der Waals surface area (Å²) in [4.78, 5) is 0. The van der Waals surface area contributed by atoms with Gasteiger partial charge in [-0.1, -0.05) is 176 Å². The highest BCUT2D eigenvalue weighted by Gasteiger charge is 2.22. The number of benzene rings is 9. The second kappa shape index (κ2) is 16.0. The van der Waals surface area contributed by atoms with Gasteiger partial charge in [-0.2, -0.15) is 0 Å². The highest BCUT2D eigenvalue weighted by molar-refractivity contribution is 6.14. The Morgan fingerprint density at radius 2 is 0.638 bits per heavy atom. The smallest absolute Gasteiger partial charge is 0.0560 e. The van der Waals surface area contributed by atoms with E-state index in [0.717, 1.165) is 18.5 Å². The molecule has 0 saturated heterocycles. The van der Waals surface area contributed by atoms with E-state index in [1.165, 1.54) is 110 Å². The van der Waals surface area contributed by atoms with E-state index in [1.54, 1.807) is 0 Å². The summed E-state index contributed by atoms with van der Waals surface area (Å²) >= 11 is 0. The van der Waals surface area contributed by atoms with Crippen molar-refractivity contribution in [1.82, 2.24) is 13.7 Å².